The average molecular weight is 318 g/mol. The molecule has 0 spiro atoms. The number of amides is 1. The Morgan fingerprint density at radius 2 is 2.13 bits per heavy atom. The molecule has 128 valence electrons. The molecule has 2 N–H and O–H groups in total. The number of carbonyl (C=O) groups is 1. The van der Waals surface area contributed by atoms with Crippen LogP contribution < -0.4 is 15.4 Å². The molecule has 23 heavy (non-hydrogen) atoms. The second kappa shape index (κ2) is 9.56. The molecule has 2 rings (SSSR count). The lowest BCUT2D eigenvalue weighted by molar-refractivity contribution is -0.121. The number of carbonyl (C=O) groups excluding carboxylic acids is 1. The lowest BCUT2D eigenvalue weighted by atomic mass is 10.1. The quantitative estimate of drug-likeness (QED) is 0.736. The van der Waals surface area contributed by atoms with E-state index in [0.29, 0.717) is 25.1 Å². The molecule has 0 aliphatic heterocycles. The molecule has 1 atom stereocenters. The average Bonchev–Trinajstić information content (AvgIpc) is 3.04. The van der Waals surface area contributed by atoms with E-state index in [-0.39, 0.29) is 5.91 Å². The van der Waals surface area contributed by atoms with Crippen molar-refractivity contribution >= 4 is 5.91 Å². The Morgan fingerprint density at radius 1 is 1.35 bits per heavy atom. The summed E-state index contributed by atoms with van der Waals surface area (Å²) in [4.78, 5) is 11.9. The van der Waals surface area contributed by atoms with Crippen LogP contribution in [0.15, 0.2) is 24.3 Å². The van der Waals surface area contributed by atoms with Crippen molar-refractivity contribution in [3.63, 3.8) is 0 Å². The van der Waals surface area contributed by atoms with Gasteiger partial charge in [-0.05, 0) is 63.3 Å². The van der Waals surface area contributed by atoms with Crippen LogP contribution in [0.1, 0.15) is 51.5 Å². The van der Waals surface area contributed by atoms with Crippen molar-refractivity contribution in [1.29, 1.82) is 0 Å². The minimum atomic E-state index is 0.108. The van der Waals surface area contributed by atoms with Gasteiger partial charge >= 0.3 is 0 Å². The first-order valence-electron chi connectivity index (χ1n) is 8.93. The van der Waals surface area contributed by atoms with Gasteiger partial charge in [0.15, 0.2) is 0 Å². The summed E-state index contributed by atoms with van der Waals surface area (Å²) in [5.74, 6) is 1.05. The zero-order chi connectivity index (χ0) is 16.5. The predicted octanol–water partition coefficient (Wildman–Crippen LogP) is 3.05. The molecule has 0 bridgehead atoms. The number of rotatable bonds is 9. The minimum Gasteiger partial charge on any atom is -0.490 e. The summed E-state index contributed by atoms with van der Waals surface area (Å²) in [6.45, 7) is 5.74. The highest BCUT2D eigenvalue weighted by Crippen LogP contribution is 2.24. The number of hydrogen-bond acceptors (Lipinski definition) is 3. The standard InChI is InChI=1S/C19H30N2O2/c1-3-20-15(2)14-21-19(22)12-11-16-7-6-10-18(13-16)23-17-8-4-5-9-17/h6-7,10,13,15,17,20H,3-5,8-9,11-12,14H2,1-2H3,(H,21,22)/t15-/m1/s1. The van der Waals surface area contributed by atoms with E-state index in [0.717, 1.165) is 37.1 Å². The van der Waals surface area contributed by atoms with Gasteiger partial charge in [-0.15, -0.1) is 0 Å². The Bertz CT molecular complexity index is 484. The fraction of sp³-hybridized carbons (Fsp3) is 0.632. The third-order valence-corrected chi connectivity index (χ3v) is 4.30. The lowest BCUT2D eigenvalue weighted by Crippen LogP contribution is -2.38. The van der Waals surface area contributed by atoms with E-state index in [1.807, 2.05) is 12.1 Å². The number of benzene rings is 1. The van der Waals surface area contributed by atoms with Crippen LogP contribution in [-0.4, -0.2) is 31.1 Å². The van der Waals surface area contributed by atoms with Gasteiger partial charge in [0.05, 0.1) is 6.10 Å². The van der Waals surface area contributed by atoms with Crippen LogP contribution in [0.3, 0.4) is 0 Å². The lowest BCUT2D eigenvalue weighted by Gasteiger charge is -2.14. The number of hydrogen-bond donors (Lipinski definition) is 2. The summed E-state index contributed by atoms with van der Waals surface area (Å²) in [6, 6.07) is 8.49. The van der Waals surface area contributed by atoms with Gasteiger partial charge in [0.1, 0.15) is 5.75 Å². The number of likely N-dealkylation sites (N-methyl/N-ethyl adjacent to an activating group) is 1. The Balaban J connectivity index is 1.73. The van der Waals surface area contributed by atoms with E-state index in [4.69, 9.17) is 4.74 Å². The summed E-state index contributed by atoms with van der Waals surface area (Å²) in [5, 5.41) is 6.26. The maximum atomic E-state index is 11.9. The SMILES string of the molecule is CCN[C@H](C)CNC(=O)CCc1cccc(OC2CCCC2)c1. The van der Waals surface area contributed by atoms with E-state index in [1.54, 1.807) is 0 Å². The van der Waals surface area contributed by atoms with E-state index < -0.39 is 0 Å². The second-order valence-electron chi connectivity index (χ2n) is 6.43. The van der Waals surface area contributed by atoms with Gasteiger partial charge in [-0.3, -0.25) is 4.79 Å². The third kappa shape index (κ3) is 6.61. The van der Waals surface area contributed by atoms with Gasteiger partial charge in [-0.25, -0.2) is 0 Å². The molecule has 1 amide bonds. The number of ether oxygens (including phenoxy) is 1. The smallest absolute Gasteiger partial charge is 0.220 e. The first-order valence-corrected chi connectivity index (χ1v) is 8.93. The molecule has 0 unspecified atom stereocenters. The van der Waals surface area contributed by atoms with Gasteiger partial charge in [0, 0.05) is 19.0 Å². The van der Waals surface area contributed by atoms with Crippen LogP contribution in [0.4, 0.5) is 0 Å². The second-order valence-corrected chi connectivity index (χ2v) is 6.43. The first-order chi connectivity index (χ1) is 11.2. The summed E-state index contributed by atoms with van der Waals surface area (Å²) >= 11 is 0. The molecular formula is C19H30N2O2. The van der Waals surface area contributed by atoms with Crippen molar-refractivity contribution in [2.24, 2.45) is 0 Å². The Hall–Kier alpha value is -1.55. The number of aryl methyl sites for hydroxylation is 1. The van der Waals surface area contributed by atoms with Gasteiger partial charge in [-0.2, -0.15) is 0 Å². The van der Waals surface area contributed by atoms with E-state index >= 15 is 0 Å². The molecule has 1 aromatic rings. The molecule has 1 aliphatic rings. The maximum Gasteiger partial charge on any atom is 0.220 e. The fourth-order valence-corrected chi connectivity index (χ4v) is 3.01. The van der Waals surface area contributed by atoms with Crippen LogP contribution in [0.25, 0.3) is 0 Å². The van der Waals surface area contributed by atoms with Crippen molar-refractivity contribution in [2.75, 3.05) is 13.1 Å². The summed E-state index contributed by atoms with van der Waals surface area (Å²) < 4.78 is 6.02. The van der Waals surface area contributed by atoms with Crippen LogP contribution in [0.2, 0.25) is 0 Å². The zero-order valence-electron chi connectivity index (χ0n) is 14.4. The molecule has 4 heteroatoms. The maximum absolute atomic E-state index is 11.9. The summed E-state index contributed by atoms with van der Waals surface area (Å²) in [5.41, 5.74) is 1.16. The first kappa shape index (κ1) is 17.8. The Labute approximate surface area is 140 Å². The van der Waals surface area contributed by atoms with Crippen molar-refractivity contribution in [3.8, 4) is 5.75 Å². The zero-order valence-corrected chi connectivity index (χ0v) is 14.4. The van der Waals surface area contributed by atoms with Crippen molar-refractivity contribution < 1.29 is 9.53 Å². The molecule has 0 radical (unpaired) electrons. The number of nitrogens with one attached hydrogen (secondary N) is 2. The molecule has 1 saturated carbocycles. The molecule has 1 aliphatic carbocycles. The highest BCUT2D eigenvalue weighted by atomic mass is 16.5. The van der Waals surface area contributed by atoms with Gasteiger partial charge < -0.3 is 15.4 Å². The molecule has 0 saturated heterocycles. The molecular weight excluding hydrogens is 288 g/mol. The summed E-state index contributed by atoms with van der Waals surface area (Å²) in [6.07, 6.45) is 6.52. The predicted molar refractivity (Wildman–Crippen MR) is 93.8 cm³/mol. The van der Waals surface area contributed by atoms with Gasteiger partial charge in [0.2, 0.25) is 5.91 Å². The van der Waals surface area contributed by atoms with Crippen LogP contribution >= 0.6 is 0 Å². The third-order valence-electron chi connectivity index (χ3n) is 4.30. The van der Waals surface area contributed by atoms with E-state index in [1.165, 1.54) is 12.8 Å². The normalized spacial score (nSPS) is 16.3. The van der Waals surface area contributed by atoms with E-state index in [2.05, 4.69) is 36.6 Å². The minimum absolute atomic E-state index is 0.108. The van der Waals surface area contributed by atoms with Crippen LogP contribution in [0.5, 0.6) is 5.75 Å². The van der Waals surface area contributed by atoms with Gasteiger partial charge in [-0.1, -0.05) is 19.1 Å². The summed E-state index contributed by atoms with van der Waals surface area (Å²) in [7, 11) is 0. The van der Waals surface area contributed by atoms with Gasteiger partial charge in [0.25, 0.3) is 0 Å². The fourth-order valence-electron chi connectivity index (χ4n) is 3.01. The largest absolute Gasteiger partial charge is 0.490 e. The molecule has 4 nitrogen and oxygen atoms in total. The van der Waals surface area contributed by atoms with Crippen LogP contribution in [0, 0.1) is 0 Å². The van der Waals surface area contributed by atoms with Crippen molar-refractivity contribution in [3.05, 3.63) is 29.8 Å². The highest BCUT2D eigenvalue weighted by Gasteiger charge is 2.16. The molecule has 1 aromatic carbocycles. The molecule has 1 fully saturated rings. The van der Waals surface area contributed by atoms with Crippen molar-refractivity contribution in [2.45, 2.75) is 64.5 Å². The highest BCUT2D eigenvalue weighted by molar-refractivity contribution is 5.76. The molecule has 0 heterocycles. The van der Waals surface area contributed by atoms with E-state index in [9.17, 15) is 4.79 Å². The van der Waals surface area contributed by atoms with Crippen molar-refractivity contribution in [1.82, 2.24) is 10.6 Å². The Kier molecular flexibility index (Phi) is 7.40. The topological polar surface area (TPSA) is 50.4 Å². The van der Waals surface area contributed by atoms with Crippen LogP contribution in [-0.2, 0) is 11.2 Å². The molecule has 0 aromatic heterocycles. The Morgan fingerprint density at radius 3 is 2.87 bits per heavy atom. The monoisotopic (exact) mass is 318 g/mol.